The van der Waals surface area contributed by atoms with E-state index in [-0.39, 0.29) is 30.1 Å². The molecule has 180 valence electrons. The van der Waals surface area contributed by atoms with E-state index in [4.69, 9.17) is 19.2 Å². The number of nitrogens with one attached hydrogen (secondary N) is 2. The zero-order chi connectivity index (χ0) is 22.2. The van der Waals surface area contributed by atoms with Gasteiger partial charge in [-0.2, -0.15) is 0 Å². The van der Waals surface area contributed by atoms with Crippen molar-refractivity contribution in [1.29, 1.82) is 0 Å². The average Bonchev–Trinajstić information content (AvgIpc) is 3.49. The summed E-state index contributed by atoms with van der Waals surface area (Å²) in [5, 5.41) is 6.76. The largest absolute Gasteiger partial charge is 0.488 e. The number of guanidine groups is 1. The van der Waals surface area contributed by atoms with Crippen LogP contribution in [-0.2, 0) is 17.8 Å². The average molecular weight is 566 g/mol. The lowest BCUT2D eigenvalue weighted by atomic mass is 10.1. The minimum Gasteiger partial charge on any atom is -0.488 e. The maximum Gasteiger partial charge on any atom is 0.213 e. The van der Waals surface area contributed by atoms with Crippen LogP contribution in [0.3, 0.4) is 0 Å². The summed E-state index contributed by atoms with van der Waals surface area (Å²) >= 11 is 0. The molecular formula is C25H35IN4O3. The molecule has 1 aliphatic carbocycles. The Morgan fingerprint density at radius 3 is 2.82 bits per heavy atom. The summed E-state index contributed by atoms with van der Waals surface area (Å²) in [6.45, 7) is 8.29. The number of pyridine rings is 1. The highest BCUT2D eigenvalue weighted by atomic mass is 127. The molecule has 1 aromatic heterocycles. The van der Waals surface area contributed by atoms with E-state index in [0.717, 1.165) is 49.0 Å². The fourth-order valence-corrected chi connectivity index (χ4v) is 3.51. The van der Waals surface area contributed by atoms with Crippen LogP contribution in [0.15, 0.2) is 41.5 Å². The number of aryl methyl sites for hydroxylation is 1. The van der Waals surface area contributed by atoms with Crippen molar-refractivity contribution in [2.24, 2.45) is 10.9 Å². The van der Waals surface area contributed by atoms with Crippen LogP contribution in [0.2, 0.25) is 0 Å². The molecule has 1 saturated heterocycles. The first kappa shape index (κ1) is 25.6. The standard InChI is InChI=1S/C25H34N4O3.HI/c1-3-26-25(28-14-20-8-10-27-24(13-20)31-16-19-5-6-19)29-15-21-7-4-18(2)12-23(21)32-22-9-11-30-17-22;/h4,7-8,10,12-13,19,22H,3,5-6,9,11,14-17H2,1-2H3,(H2,26,28,29);1H. The molecule has 7 nitrogen and oxygen atoms in total. The summed E-state index contributed by atoms with van der Waals surface area (Å²) in [5.74, 6) is 3.07. The van der Waals surface area contributed by atoms with Crippen LogP contribution in [0.4, 0.5) is 0 Å². The van der Waals surface area contributed by atoms with Gasteiger partial charge in [0, 0.05) is 37.3 Å². The third-order valence-corrected chi connectivity index (χ3v) is 5.58. The first-order valence-corrected chi connectivity index (χ1v) is 11.6. The van der Waals surface area contributed by atoms with Crippen LogP contribution in [0.5, 0.6) is 11.6 Å². The number of ether oxygens (including phenoxy) is 3. The maximum atomic E-state index is 6.22. The van der Waals surface area contributed by atoms with Crippen LogP contribution >= 0.6 is 24.0 Å². The lowest BCUT2D eigenvalue weighted by Crippen LogP contribution is -2.37. The van der Waals surface area contributed by atoms with Gasteiger partial charge in [-0.05, 0) is 55.9 Å². The number of hydrogen-bond donors (Lipinski definition) is 2. The van der Waals surface area contributed by atoms with E-state index in [1.165, 1.54) is 18.4 Å². The monoisotopic (exact) mass is 566 g/mol. The number of nitrogens with zero attached hydrogens (tertiary/aromatic N) is 2. The number of rotatable bonds is 10. The van der Waals surface area contributed by atoms with Gasteiger partial charge in [0.1, 0.15) is 11.9 Å². The highest BCUT2D eigenvalue weighted by Crippen LogP contribution is 2.29. The van der Waals surface area contributed by atoms with E-state index in [1.807, 2.05) is 12.1 Å². The molecule has 8 heteroatoms. The van der Waals surface area contributed by atoms with E-state index in [9.17, 15) is 0 Å². The fraction of sp³-hybridized carbons (Fsp3) is 0.520. The molecule has 33 heavy (non-hydrogen) atoms. The van der Waals surface area contributed by atoms with E-state index in [0.29, 0.717) is 31.5 Å². The lowest BCUT2D eigenvalue weighted by molar-refractivity contribution is 0.140. The summed E-state index contributed by atoms with van der Waals surface area (Å²) < 4.78 is 17.5. The minimum atomic E-state index is 0. The van der Waals surface area contributed by atoms with Crippen LogP contribution in [-0.4, -0.2) is 43.4 Å². The zero-order valence-corrected chi connectivity index (χ0v) is 21.8. The van der Waals surface area contributed by atoms with Crippen molar-refractivity contribution in [3.8, 4) is 11.6 Å². The molecule has 2 heterocycles. The zero-order valence-electron chi connectivity index (χ0n) is 19.5. The Morgan fingerprint density at radius 2 is 2.06 bits per heavy atom. The molecule has 1 saturated carbocycles. The molecule has 0 spiro atoms. The number of hydrogen-bond acceptors (Lipinski definition) is 5. The highest BCUT2D eigenvalue weighted by molar-refractivity contribution is 14.0. The van der Waals surface area contributed by atoms with Gasteiger partial charge in [-0.15, -0.1) is 24.0 Å². The summed E-state index contributed by atoms with van der Waals surface area (Å²) in [6, 6.07) is 10.3. The third-order valence-electron chi connectivity index (χ3n) is 5.58. The Labute approximate surface area is 213 Å². The van der Waals surface area contributed by atoms with Gasteiger partial charge in [-0.1, -0.05) is 12.1 Å². The lowest BCUT2D eigenvalue weighted by Gasteiger charge is -2.18. The van der Waals surface area contributed by atoms with Crippen molar-refractivity contribution < 1.29 is 14.2 Å². The molecule has 4 rings (SSSR count). The number of halogens is 1. The van der Waals surface area contributed by atoms with Gasteiger partial charge >= 0.3 is 0 Å². The topological polar surface area (TPSA) is 77.0 Å². The number of aliphatic imine (C=N–C) groups is 1. The minimum absolute atomic E-state index is 0. The molecule has 0 amide bonds. The molecule has 1 atom stereocenters. The highest BCUT2D eigenvalue weighted by Gasteiger charge is 2.22. The SMILES string of the molecule is CCNC(=NCc1ccnc(OCC2CC2)c1)NCc1ccc(C)cc1OC1CCOC1.I. The van der Waals surface area contributed by atoms with E-state index >= 15 is 0 Å². The molecule has 1 aromatic carbocycles. The summed E-state index contributed by atoms with van der Waals surface area (Å²) in [5.41, 5.74) is 3.36. The summed E-state index contributed by atoms with van der Waals surface area (Å²) in [7, 11) is 0. The van der Waals surface area contributed by atoms with Gasteiger partial charge in [0.15, 0.2) is 5.96 Å². The predicted octanol–water partition coefficient (Wildman–Crippen LogP) is 4.22. The van der Waals surface area contributed by atoms with Gasteiger partial charge in [0.05, 0.1) is 26.4 Å². The number of benzene rings is 1. The normalized spacial score (nSPS) is 17.9. The second-order valence-corrected chi connectivity index (χ2v) is 8.52. The Kier molecular flexibility index (Phi) is 10.1. The first-order valence-electron chi connectivity index (χ1n) is 11.6. The van der Waals surface area contributed by atoms with E-state index < -0.39 is 0 Å². The summed E-state index contributed by atoms with van der Waals surface area (Å²) in [6.07, 6.45) is 5.38. The van der Waals surface area contributed by atoms with Crippen molar-refractivity contribution >= 4 is 29.9 Å². The van der Waals surface area contributed by atoms with Gasteiger partial charge in [-0.25, -0.2) is 9.98 Å². The maximum absolute atomic E-state index is 6.22. The second kappa shape index (κ2) is 13.0. The van der Waals surface area contributed by atoms with Crippen molar-refractivity contribution in [1.82, 2.24) is 15.6 Å². The van der Waals surface area contributed by atoms with Crippen molar-refractivity contribution in [3.05, 3.63) is 53.2 Å². The Hall–Kier alpha value is -2.07. The Balaban J connectivity index is 0.00000306. The van der Waals surface area contributed by atoms with Gasteiger partial charge < -0.3 is 24.8 Å². The third kappa shape index (κ3) is 8.33. The molecule has 2 fully saturated rings. The predicted molar refractivity (Wildman–Crippen MR) is 141 cm³/mol. The van der Waals surface area contributed by atoms with Crippen LogP contribution in [0, 0.1) is 12.8 Å². The molecule has 1 unspecified atom stereocenters. The quantitative estimate of drug-likeness (QED) is 0.255. The van der Waals surface area contributed by atoms with Crippen molar-refractivity contribution in [2.45, 2.75) is 52.3 Å². The fourth-order valence-electron chi connectivity index (χ4n) is 3.51. The molecule has 0 radical (unpaired) electrons. The van der Waals surface area contributed by atoms with Crippen molar-refractivity contribution in [2.75, 3.05) is 26.4 Å². The van der Waals surface area contributed by atoms with Crippen LogP contribution in [0.25, 0.3) is 0 Å². The molecule has 0 bridgehead atoms. The van der Waals surface area contributed by atoms with E-state index in [1.54, 1.807) is 6.20 Å². The van der Waals surface area contributed by atoms with Crippen LogP contribution < -0.4 is 20.1 Å². The second-order valence-electron chi connectivity index (χ2n) is 8.52. The van der Waals surface area contributed by atoms with Crippen molar-refractivity contribution in [3.63, 3.8) is 0 Å². The van der Waals surface area contributed by atoms with Crippen LogP contribution in [0.1, 0.15) is 42.9 Å². The summed E-state index contributed by atoms with van der Waals surface area (Å²) in [4.78, 5) is 9.06. The molecule has 2 aromatic rings. The number of aromatic nitrogens is 1. The first-order chi connectivity index (χ1) is 15.7. The Bertz CT molecular complexity index is 914. The Morgan fingerprint density at radius 1 is 1.18 bits per heavy atom. The molecule has 1 aliphatic heterocycles. The van der Waals surface area contributed by atoms with Gasteiger partial charge in [-0.3, -0.25) is 0 Å². The molecule has 2 aliphatic rings. The smallest absolute Gasteiger partial charge is 0.213 e. The molecular weight excluding hydrogens is 531 g/mol. The molecule has 2 N–H and O–H groups in total. The van der Waals surface area contributed by atoms with E-state index in [2.05, 4.69) is 47.7 Å². The van der Waals surface area contributed by atoms with Gasteiger partial charge in [0.2, 0.25) is 5.88 Å². The van der Waals surface area contributed by atoms with Gasteiger partial charge in [0.25, 0.3) is 0 Å².